The van der Waals surface area contributed by atoms with E-state index in [2.05, 4.69) is 18.8 Å². The van der Waals surface area contributed by atoms with Crippen molar-refractivity contribution in [1.82, 2.24) is 4.90 Å². The Morgan fingerprint density at radius 2 is 1.82 bits per heavy atom. The number of guanidine groups is 1. The molecule has 174 valence electrons. The van der Waals surface area contributed by atoms with Gasteiger partial charge in [-0.15, -0.1) is 0 Å². The van der Waals surface area contributed by atoms with Crippen molar-refractivity contribution in [3.05, 3.63) is 53.6 Å². The van der Waals surface area contributed by atoms with E-state index in [0.29, 0.717) is 35.5 Å². The molecule has 2 aromatic rings. The van der Waals surface area contributed by atoms with Crippen molar-refractivity contribution < 1.29 is 23.0 Å². The van der Waals surface area contributed by atoms with Gasteiger partial charge < -0.3 is 15.2 Å². The van der Waals surface area contributed by atoms with Crippen molar-refractivity contribution >= 4 is 11.9 Å². The first-order valence-electron chi connectivity index (χ1n) is 11.1. The maximum Gasteiger partial charge on any atom is 0.261 e. The highest BCUT2D eigenvalue weighted by Gasteiger charge is 2.55. The van der Waals surface area contributed by atoms with Crippen LogP contribution in [0, 0.1) is 17.6 Å². The number of ether oxygens (including phenoxy) is 2. The van der Waals surface area contributed by atoms with E-state index in [0.717, 1.165) is 18.9 Å². The molecule has 2 unspecified atom stereocenters. The number of hydrogen-bond donors (Lipinski definition) is 1. The van der Waals surface area contributed by atoms with Crippen molar-refractivity contribution in [3.8, 4) is 16.9 Å². The number of hydrogen-bond acceptors (Lipinski definition) is 5. The number of aliphatic imine (C=N–C) groups is 1. The minimum Gasteiger partial charge on any atom is -0.490 e. The topological polar surface area (TPSA) is 77.2 Å². The number of rotatable bonds is 2. The molecule has 6 nitrogen and oxygen atoms in total. The number of carbonyl (C=O) groups is 1. The normalized spacial score (nSPS) is 28.5. The van der Waals surface area contributed by atoms with Crippen molar-refractivity contribution in [1.29, 1.82) is 0 Å². The van der Waals surface area contributed by atoms with Crippen LogP contribution in [0.15, 0.2) is 41.4 Å². The van der Waals surface area contributed by atoms with E-state index in [4.69, 9.17) is 15.2 Å². The molecule has 0 radical (unpaired) electrons. The third-order valence-electron chi connectivity index (χ3n) is 6.96. The summed E-state index contributed by atoms with van der Waals surface area (Å²) in [5.41, 5.74) is 6.07. The van der Waals surface area contributed by atoms with E-state index in [-0.39, 0.29) is 29.5 Å². The Kier molecular flexibility index (Phi) is 4.97. The maximum atomic E-state index is 13.9. The predicted molar refractivity (Wildman–Crippen MR) is 120 cm³/mol. The summed E-state index contributed by atoms with van der Waals surface area (Å²) < 4.78 is 40.0. The van der Waals surface area contributed by atoms with E-state index < -0.39 is 17.2 Å². The summed E-state index contributed by atoms with van der Waals surface area (Å²) in [6.07, 6.45) is 1.72. The van der Waals surface area contributed by atoms with Gasteiger partial charge in [0.15, 0.2) is 11.5 Å². The maximum absolute atomic E-state index is 13.9. The summed E-state index contributed by atoms with van der Waals surface area (Å²) in [7, 11) is 1.60. The summed E-state index contributed by atoms with van der Waals surface area (Å²) in [5, 5.41) is 0. The van der Waals surface area contributed by atoms with Gasteiger partial charge >= 0.3 is 0 Å². The van der Waals surface area contributed by atoms with Gasteiger partial charge in [-0.1, -0.05) is 6.07 Å². The minimum atomic E-state index is -1.23. The van der Waals surface area contributed by atoms with E-state index in [9.17, 15) is 13.6 Å². The number of fused-ring (bicyclic) bond motifs is 2. The molecular weight excluding hydrogens is 428 g/mol. The van der Waals surface area contributed by atoms with E-state index in [1.54, 1.807) is 25.2 Å². The first-order valence-corrected chi connectivity index (χ1v) is 11.1. The quantitative estimate of drug-likeness (QED) is 0.744. The molecule has 1 fully saturated rings. The number of carbonyl (C=O) groups excluding carboxylic acids is 1. The van der Waals surface area contributed by atoms with Gasteiger partial charge in [-0.2, -0.15) is 0 Å². The Hall–Kier alpha value is -3.00. The van der Waals surface area contributed by atoms with Crippen LogP contribution in [0.5, 0.6) is 5.75 Å². The summed E-state index contributed by atoms with van der Waals surface area (Å²) in [4.78, 5) is 19.5. The van der Waals surface area contributed by atoms with E-state index in [1.165, 1.54) is 17.0 Å². The highest BCUT2D eigenvalue weighted by molar-refractivity contribution is 6.07. The van der Waals surface area contributed by atoms with Crippen molar-refractivity contribution in [3.63, 3.8) is 0 Å². The molecule has 1 saturated heterocycles. The van der Waals surface area contributed by atoms with Gasteiger partial charge in [0.05, 0.1) is 5.60 Å². The Balaban J connectivity index is 1.61. The molecule has 1 amide bonds. The molecule has 5 rings (SSSR count). The SMILES string of the molecule is CN1C(=O)C2(C[C@H](C3CCOC(C)(C)C3)Oc3ccc(-c4cc(F)cc(F)c4)cc32)N=C1N. The lowest BCUT2D eigenvalue weighted by molar-refractivity contribution is -0.134. The number of likely N-dealkylation sites (N-methyl/N-ethyl adjacent to an activating group) is 1. The lowest BCUT2D eigenvalue weighted by Gasteiger charge is -2.44. The molecule has 1 spiro atoms. The summed E-state index contributed by atoms with van der Waals surface area (Å²) >= 11 is 0. The molecule has 0 aromatic heterocycles. The van der Waals surface area contributed by atoms with Crippen LogP contribution >= 0.6 is 0 Å². The van der Waals surface area contributed by atoms with Crippen LogP contribution in [0.2, 0.25) is 0 Å². The van der Waals surface area contributed by atoms with Crippen LogP contribution in [0.25, 0.3) is 11.1 Å². The number of nitrogens with two attached hydrogens (primary N) is 1. The Labute approximate surface area is 191 Å². The van der Waals surface area contributed by atoms with Crippen LogP contribution < -0.4 is 10.5 Å². The number of nitrogens with zero attached hydrogens (tertiary/aromatic N) is 2. The lowest BCUT2D eigenvalue weighted by atomic mass is 9.74. The summed E-state index contributed by atoms with van der Waals surface area (Å²) in [6, 6.07) is 8.58. The van der Waals surface area contributed by atoms with Crippen LogP contribution in [0.3, 0.4) is 0 Å². The van der Waals surface area contributed by atoms with E-state index >= 15 is 0 Å². The molecular formula is C25H27F2N3O3. The largest absolute Gasteiger partial charge is 0.490 e. The molecule has 2 aromatic carbocycles. The fourth-order valence-electron chi connectivity index (χ4n) is 5.33. The molecule has 0 saturated carbocycles. The minimum absolute atomic E-state index is 0.140. The number of amides is 1. The van der Waals surface area contributed by atoms with Gasteiger partial charge in [0.2, 0.25) is 0 Å². The van der Waals surface area contributed by atoms with Gasteiger partial charge in [0, 0.05) is 37.6 Å². The van der Waals surface area contributed by atoms with Crippen molar-refractivity contribution in [2.24, 2.45) is 16.6 Å². The number of benzene rings is 2. The number of halogens is 2. The van der Waals surface area contributed by atoms with Crippen molar-refractivity contribution in [2.45, 2.75) is 50.4 Å². The second kappa shape index (κ2) is 7.52. The first kappa shape index (κ1) is 21.8. The molecule has 3 aliphatic heterocycles. The molecule has 0 aliphatic carbocycles. The molecule has 0 bridgehead atoms. The van der Waals surface area contributed by atoms with Gasteiger partial charge in [0.25, 0.3) is 5.91 Å². The molecule has 3 atom stereocenters. The second-order valence-electron chi connectivity index (χ2n) is 9.78. The zero-order chi connectivity index (χ0) is 23.5. The smallest absolute Gasteiger partial charge is 0.261 e. The van der Waals surface area contributed by atoms with Gasteiger partial charge in [-0.3, -0.25) is 9.69 Å². The third kappa shape index (κ3) is 3.66. The lowest BCUT2D eigenvalue weighted by Crippen LogP contribution is -2.49. The van der Waals surface area contributed by atoms with Crippen LogP contribution in [0.1, 0.15) is 38.7 Å². The van der Waals surface area contributed by atoms with Crippen LogP contribution in [0.4, 0.5) is 8.78 Å². The highest BCUT2D eigenvalue weighted by Crippen LogP contribution is 2.49. The van der Waals surface area contributed by atoms with Gasteiger partial charge in [0.1, 0.15) is 23.5 Å². The summed E-state index contributed by atoms with van der Waals surface area (Å²) in [6.45, 7) is 4.74. The van der Waals surface area contributed by atoms with Gasteiger partial charge in [-0.05, 0) is 62.1 Å². The average molecular weight is 456 g/mol. The fourth-order valence-corrected chi connectivity index (χ4v) is 5.33. The van der Waals surface area contributed by atoms with Gasteiger partial charge in [-0.25, -0.2) is 13.8 Å². The highest BCUT2D eigenvalue weighted by atomic mass is 19.1. The average Bonchev–Trinajstić information content (AvgIpc) is 2.96. The Morgan fingerprint density at radius 3 is 2.45 bits per heavy atom. The monoisotopic (exact) mass is 455 g/mol. The van der Waals surface area contributed by atoms with Crippen LogP contribution in [-0.4, -0.2) is 42.1 Å². The standard InChI is InChI=1S/C25H27F2N3O3/c1-24(2)12-15(6-7-32-24)21-13-25(22(31)30(3)23(28)29-25)19-10-14(4-5-20(19)33-21)16-8-17(26)11-18(27)9-16/h4-5,8-11,15,21H,6-7,12-13H2,1-3H3,(H2,28,29)/t15?,21-,25?/m1/s1. The Morgan fingerprint density at radius 1 is 1.09 bits per heavy atom. The molecule has 33 heavy (non-hydrogen) atoms. The predicted octanol–water partition coefficient (Wildman–Crippen LogP) is 3.97. The Bertz CT molecular complexity index is 1150. The molecule has 3 aliphatic rings. The summed E-state index contributed by atoms with van der Waals surface area (Å²) in [5.74, 6) is -0.712. The van der Waals surface area contributed by atoms with Crippen molar-refractivity contribution in [2.75, 3.05) is 13.7 Å². The zero-order valence-corrected chi connectivity index (χ0v) is 18.9. The molecule has 8 heteroatoms. The second-order valence-corrected chi connectivity index (χ2v) is 9.78. The van der Waals surface area contributed by atoms with Crippen LogP contribution in [-0.2, 0) is 15.1 Å². The molecule has 3 heterocycles. The first-order chi connectivity index (χ1) is 15.6. The molecule has 2 N–H and O–H groups in total. The van der Waals surface area contributed by atoms with E-state index in [1.807, 2.05) is 0 Å². The fraction of sp³-hybridized carbons (Fsp3) is 0.440. The zero-order valence-electron chi connectivity index (χ0n) is 18.9. The third-order valence-corrected chi connectivity index (χ3v) is 6.96.